The van der Waals surface area contributed by atoms with E-state index in [1.165, 1.54) is 0 Å². The lowest BCUT2D eigenvalue weighted by atomic mass is 10.5. The summed E-state index contributed by atoms with van der Waals surface area (Å²) in [4.78, 5) is 8.67. The van der Waals surface area contributed by atoms with Crippen LogP contribution in [0.15, 0.2) is 41.9 Å². The van der Waals surface area contributed by atoms with Crippen molar-refractivity contribution >= 4 is 23.2 Å². The molecule has 3 heterocycles. The molecule has 0 amide bonds. The van der Waals surface area contributed by atoms with Crippen LogP contribution in [-0.4, -0.2) is 31.1 Å². The second-order valence-electron chi connectivity index (χ2n) is 4.12. The Morgan fingerprint density at radius 2 is 2.15 bits per heavy atom. The third-order valence-corrected chi connectivity index (χ3v) is 3.67. The highest BCUT2D eigenvalue weighted by Gasteiger charge is 2.06. The SMILES string of the molecule is CCNc1cnc(CSc2nnc3ccccn23)cn1. The topological polar surface area (TPSA) is 68.0 Å². The molecule has 1 N–H and O–H groups in total. The largest absolute Gasteiger partial charge is 0.369 e. The summed E-state index contributed by atoms with van der Waals surface area (Å²) in [5, 5.41) is 12.3. The summed E-state index contributed by atoms with van der Waals surface area (Å²) in [6.45, 7) is 2.87. The van der Waals surface area contributed by atoms with E-state index in [2.05, 4.69) is 25.5 Å². The first-order chi connectivity index (χ1) is 9.86. The fourth-order valence-electron chi connectivity index (χ4n) is 1.76. The molecule has 0 unspecified atom stereocenters. The highest BCUT2D eigenvalue weighted by molar-refractivity contribution is 7.98. The summed E-state index contributed by atoms with van der Waals surface area (Å²) in [6.07, 6.45) is 5.49. The van der Waals surface area contributed by atoms with Gasteiger partial charge in [-0.3, -0.25) is 9.38 Å². The van der Waals surface area contributed by atoms with Gasteiger partial charge >= 0.3 is 0 Å². The Morgan fingerprint density at radius 1 is 1.20 bits per heavy atom. The molecule has 0 aromatic carbocycles. The Morgan fingerprint density at radius 3 is 2.95 bits per heavy atom. The van der Waals surface area contributed by atoms with Crippen LogP contribution < -0.4 is 5.32 Å². The van der Waals surface area contributed by atoms with Crippen LogP contribution in [0.4, 0.5) is 5.82 Å². The maximum atomic E-state index is 4.37. The monoisotopic (exact) mass is 286 g/mol. The Kier molecular flexibility index (Phi) is 3.78. The van der Waals surface area contributed by atoms with E-state index in [4.69, 9.17) is 0 Å². The maximum Gasteiger partial charge on any atom is 0.195 e. The molecule has 0 saturated carbocycles. The zero-order valence-corrected chi connectivity index (χ0v) is 11.8. The summed E-state index contributed by atoms with van der Waals surface area (Å²) < 4.78 is 1.96. The van der Waals surface area contributed by atoms with Crippen LogP contribution in [0.25, 0.3) is 5.65 Å². The molecular weight excluding hydrogens is 272 g/mol. The number of anilines is 1. The number of aromatic nitrogens is 5. The molecule has 0 aliphatic carbocycles. The molecule has 0 radical (unpaired) electrons. The highest BCUT2D eigenvalue weighted by Crippen LogP contribution is 2.20. The quantitative estimate of drug-likeness (QED) is 0.726. The third kappa shape index (κ3) is 2.72. The normalized spacial score (nSPS) is 10.8. The first-order valence-electron chi connectivity index (χ1n) is 6.34. The van der Waals surface area contributed by atoms with Crippen molar-refractivity contribution in [2.24, 2.45) is 0 Å². The van der Waals surface area contributed by atoms with E-state index < -0.39 is 0 Å². The number of hydrogen-bond acceptors (Lipinski definition) is 6. The van der Waals surface area contributed by atoms with Gasteiger partial charge in [0.15, 0.2) is 10.8 Å². The lowest BCUT2D eigenvalue weighted by Crippen LogP contribution is -2.00. The van der Waals surface area contributed by atoms with Crippen molar-refractivity contribution in [1.82, 2.24) is 24.6 Å². The van der Waals surface area contributed by atoms with Crippen LogP contribution in [-0.2, 0) is 5.75 Å². The summed E-state index contributed by atoms with van der Waals surface area (Å²) in [7, 11) is 0. The number of thioether (sulfide) groups is 1. The van der Waals surface area contributed by atoms with Gasteiger partial charge in [-0.2, -0.15) is 0 Å². The number of rotatable bonds is 5. The molecule has 3 aromatic heterocycles. The zero-order valence-electron chi connectivity index (χ0n) is 11.0. The number of fused-ring (bicyclic) bond motifs is 1. The molecule has 102 valence electrons. The molecule has 0 aliphatic rings. The molecule has 7 heteroatoms. The van der Waals surface area contributed by atoms with Crippen LogP contribution >= 0.6 is 11.8 Å². The minimum Gasteiger partial charge on any atom is -0.369 e. The third-order valence-electron chi connectivity index (χ3n) is 2.69. The van der Waals surface area contributed by atoms with Crippen molar-refractivity contribution < 1.29 is 0 Å². The minimum atomic E-state index is 0.717. The number of nitrogens with one attached hydrogen (secondary N) is 1. The standard InChI is InChI=1S/C13H14N6S/c1-2-14-11-8-15-10(7-16-11)9-20-13-18-17-12-5-3-4-6-19(12)13/h3-8H,2,9H2,1H3,(H,14,16). The van der Waals surface area contributed by atoms with Crippen molar-refractivity contribution in [3.63, 3.8) is 0 Å². The highest BCUT2D eigenvalue weighted by atomic mass is 32.2. The number of pyridine rings is 1. The Balaban J connectivity index is 1.69. The van der Waals surface area contributed by atoms with E-state index in [1.807, 2.05) is 35.7 Å². The molecule has 0 fully saturated rings. The molecule has 20 heavy (non-hydrogen) atoms. The summed E-state index contributed by atoms with van der Waals surface area (Å²) in [6, 6.07) is 5.84. The van der Waals surface area contributed by atoms with Gasteiger partial charge in [-0.05, 0) is 19.1 Å². The second-order valence-corrected chi connectivity index (χ2v) is 5.07. The fourth-order valence-corrected chi connectivity index (χ4v) is 2.58. The number of nitrogens with zero attached hydrogens (tertiary/aromatic N) is 5. The average molecular weight is 286 g/mol. The maximum absolute atomic E-state index is 4.37. The zero-order chi connectivity index (χ0) is 13.8. The molecule has 3 aromatic rings. The van der Waals surface area contributed by atoms with Gasteiger partial charge in [0.05, 0.1) is 18.1 Å². The van der Waals surface area contributed by atoms with Crippen LogP contribution in [0.1, 0.15) is 12.6 Å². The summed E-state index contributed by atoms with van der Waals surface area (Å²) in [5.41, 5.74) is 1.77. The lowest BCUT2D eigenvalue weighted by molar-refractivity contribution is 0.919. The van der Waals surface area contributed by atoms with Crippen LogP contribution in [0.3, 0.4) is 0 Å². The van der Waals surface area contributed by atoms with E-state index in [9.17, 15) is 0 Å². The molecule has 0 bridgehead atoms. The summed E-state index contributed by atoms with van der Waals surface area (Å²) in [5.74, 6) is 1.52. The predicted molar refractivity (Wildman–Crippen MR) is 78.7 cm³/mol. The van der Waals surface area contributed by atoms with Crippen LogP contribution in [0.2, 0.25) is 0 Å². The minimum absolute atomic E-state index is 0.717. The van der Waals surface area contributed by atoms with Gasteiger partial charge in [-0.15, -0.1) is 10.2 Å². The van der Waals surface area contributed by atoms with Gasteiger partial charge in [-0.1, -0.05) is 17.8 Å². The molecule has 3 rings (SSSR count). The first kappa shape index (κ1) is 12.9. The van der Waals surface area contributed by atoms with Gasteiger partial charge in [0.25, 0.3) is 0 Å². The van der Waals surface area contributed by atoms with Crippen molar-refractivity contribution in [2.45, 2.75) is 17.8 Å². The molecule has 0 spiro atoms. The van der Waals surface area contributed by atoms with Gasteiger partial charge in [0.2, 0.25) is 0 Å². The van der Waals surface area contributed by atoms with Crippen molar-refractivity contribution in [3.8, 4) is 0 Å². The second kappa shape index (κ2) is 5.87. The van der Waals surface area contributed by atoms with Crippen LogP contribution in [0, 0.1) is 0 Å². The molecule has 6 nitrogen and oxygen atoms in total. The smallest absolute Gasteiger partial charge is 0.195 e. The van der Waals surface area contributed by atoms with E-state index in [1.54, 1.807) is 24.2 Å². The molecule has 0 aliphatic heterocycles. The van der Waals surface area contributed by atoms with Crippen molar-refractivity contribution in [2.75, 3.05) is 11.9 Å². The van der Waals surface area contributed by atoms with Gasteiger partial charge in [0.1, 0.15) is 5.82 Å². The number of hydrogen-bond donors (Lipinski definition) is 1. The first-order valence-corrected chi connectivity index (χ1v) is 7.32. The lowest BCUT2D eigenvalue weighted by Gasteiger charge is -2.03. The molecular formula is C13H14N6S. The van der Waals surface area contributed by atoms with Gasteiger partial charge in [0, 0.05) is 18.5 Å². The van der Waals surface area contributed by atoms with E-state index in [0.29, 0.717) is 0 Å². The average Bonchev–Trinajstić information content (AvgIpc) is 2.90. The van der Waals surface area contributed by atoms with E-state index >= 15 is 0 Å². The molecule has 0 saturated heterocycles. The van der Waals surface area contributed by atoms with Crippen molar-refractivity contribution in [3.05, 3.63) is 42.5 Å². The van der Waals surface area contributed by atoms with Crippen LogP contribution in [0.5, 0.6) is 0 Å². The Labute approximate surface area is 120 Å². The van der Waals surface area contributed by atoms with Gasteiger partial charge in [-0.25, -0.2) is 4.98 Å². The van der Waals surface area contributed by atoms with E-state index in [0.717, 1.165) is 34.6 Å². The van der Waals surface area contributed by atoms with Gasteiger partial charge < -0.3 is 5.32 Å². The van der Waals surface area contributed by atoms with Crippen molar-refractivity contribution in [1.29, 1.82) is 0 Å². The Hall–Kier alpha value is -2.15. The fraction of sp³-hybridized carbons (Fsp3) is 0.231. The molecule has 0 atom stereocenters. The summed E-state index contributed by atoms with van der Waals surface area (Å²) >= 11 is 1.60. The predicted octanol–water partition coefficient (Wildman–Crippen LogP) is 2.24. The Bertz CT molecular complexity index is 693. The van der Waals surface area contributed by atoms with E-state index in [-0.39, 0.29) is 0 Å².